The number of nitrogens with one attached hydrogen (secondary N) is 1. The van der Waals surface area contributed by atoms with Gasteiger partial charge in [-0.3, -0.25) is 4.79 Å². The second-order valence-corrected chi connectivity index (χ2v) is 7.17. The predicted molar refractivity (Wildman–Crippen MR) is 85.8 cm³/mol. The fraction of sp³-hybridized carbons (Fsp3) is 0.312. The fourth-order valence-electron chi connectivity index (χ4n) is 1.82. The molecule has 1 unspecified atom stereocenters. The van der Waals surface area contributed by atoms with Crippen molar-refractivity contribution in [2.75, 3.05) is 5.75 Å². The van der Waals surface area contributed by atoms with E-state index in [1.165, 1.54) is 0 Å². The van der Waals surface area contributed by atoms with Crippen LogP contribution in [-0.4, -0.2) is 30.8 Å². The van der Waals surface area contributed by atoms with Crippen LogP contribution in [0.3, 0.4) is 0 Å². The summed E-state index contributed by atoms with van der Waals surface area (Å²) in [5.74, 6) is -2.23. The van der Waals surface area contributed by atoms with E-state index in [2.05, 4.69) is 5.32 Å². The molecule has 5 nitrogen and oxygen atoms in total. The predicted octanol–water partition coefficient (Wildman–Crippen LogP) is 1.95. The normalized spacial score (nSPS) is 15.4. The molecular formula is C16H20FNO4S. The number of carbonyl (C=O) groups is 1. The molecule has 0 heterocycles. The molecule has 0 fully saturated rings. The van der Waals surface area contributed by atoms with Gasteiger partial charge in [0.1, 0.15) is 5.82 Å². The van der Waals surface area contributed by atoms with Crippen LogP contribution in [0.5, 0.6) is 0 Å². The maximum Gasteiger partial charge on any atom is 0.257 e. The van der Waals surface area contributed by atoms with Gasteiger partial charge >= 0.3 is 0 Å². The number of amides is 1. The largest absolute Gasteiger partial charge is 0.379 e. The summed E-state index contributed by atoms with van der Waals surface area (Å²) in [6.07, 6.45) is 4.92. The molecule has 1 rings (SSSR count). The summed E-state index contributed by atoms with van der Waals surface area (Å²) in [7, 11) is -3.95. The molecule has 126 valence electrons. The van der Waals surface area contributed by atoms with Crippen LogP contribution in [-0.2, 0) is 14.6 Å². The van der Waals surface area contributed by atoms with Crippen LogP contribution < -0.4 is 5.32 Å². The fourth-order valence-corrected chi connectivity index (χ4v) is 3.40. The van der Waals surface area contributed by atoms with Gasteiger partial charge in [-0.25, -0.2) is 12.8 Å². The summed E-state index contributed by atoms with van der Waals surface area (Å²) in [5.41, 5.74) is -1.69. The lowest BCUT2D eigenvalue weighted by molar-refractivity contribution is -0.135. The molecule has 0 aliphatic heterocycles. The summed E-state index contributed by atoms with van der Waals surface area (Å²) >= 11 is 0. The van der Waals surface area contributed by atoms with Crippen molar-refractivity contribution in [1.29, 1.82) is 0 Å². The van der Waals surface area contributed by atoms with Gasteiger partial charge in [0.15, 0.2) is 15.4 Å². The second kappa shape index (κ2) is 7.52. The van der Waals surface area contributed by atoms with Gasteiger partial charge in [-0.15, -0.1) is 0 Å². The van der Waals surface area contributed by atoms with Crippen LogP contribution in [0.15, 0.2) is 53.1 Å². The Bertz CT molecular complexity index is 719. The van der Waals surface area contributed by atoms with E-state index in [0.717, 1.165) is 31.2 Å². The molecule has 1 amide bonds. The summed E-state index contributed by atoms with van der Waals surface area (Å²) in [6.45, 7) is 4.57. The Morgan fingerprint density at radius 3 is 2.35 bits per heavy atom. The van der Waals surface area contributed by atoms with Crippen LogP contribution in [0.4, 0.5) is 4.39 Å². The molecule has 0 aliphatic carbocycles. The van der Waals surface area contributed by atoms with E-state index < -0.39 is 32.9 Å². The standard InChI is InChI=1S/C16H20FNO4S/c1-4-6-13(5-2)18-15(19)16(3,20)11-23(21,22)14-9-7-12(17)8-10-14/h4-10,20H,11H2,1-3H3,(H,18,19). The minimum atomic E-state index is -3.95. The molecule has 7 heteroatoms. The average Bonchev–Trinajstić information content (AvgIpc) is 2.46. The monoisotopic (exact) mass is 341 g/mol. The second-order valence-electron chi connectivity index (χ2n) is 5.19. The van der Waals surface area contributed by atoms with Crippen molar-refractivity contribution in [2.24, 2.45) is 0 Å². The van der Waals surface area contributed by atoms with E-state index in [1.807, 2.05) is 0 Å². The number of carbonyl (C=O) groups excluding carboxylic acids is 1. The van der Waals surface area contributed by atoms with Crippen molar-refractivity contribution in [2.45, 2.75) is 31.3 Å². The first-order valence-electron chi connectivity index (χ1n) is 6.93. The smallest absolute Gasteiger partial charge is 0.257 e. The Morgan fingerprint density at radius 1 is 1.30 bits per heavy atom. The lowest BCUT2D eigenvalue weighted by atomic mass is 10.1. The van der Waals surface area contributed by atoms with E-state index >= 15 is 0 Å². The molecular weight excluding hydrogens is 321 g/mol. The topological polar surface area (TPSA) is 83.5 Å². The number of hydrogen-bond donors (Lipinski definition) is 2. The highest BCUT2D eigenvalue weighted by molar-refractivity contribution is 7.91. The van der Waals surface area contributed by atoms with Crippen molar-refractivity contribution in [3.8, 4) is 0 Å². The quantitative estimate of drug-likeness (QED) is 0.612. The first-order chi connectivity index (χ1) is 10.6. The maximum atomic E-state index is 12.9. The lowest BCUT2D eigenvalue weighted by Gasteiger charge is -2.22. The molecule has 0 radical (unpaired) electrons. The van der Waals surface area contributed by atoms with Crippen LogP contribution in [0.2, 0.25) is 0 Å². The van der Waals surface area contributed by atoms with E-state index in [-0.39, 0.29) is 4.90 Å². The third-order valence-corrected chi connectivity index (χ3v) is 4.98. The molecule has 0 aliphatic rings. The zero-order chi connectivity index (χ0) is 17.7. The summed E-state index contributed by atoms with van der Waals surface area (Å²) < 4.78 is 37.4. The van der Waals surface area contributed by atoms with E-state index in [9.17, 15) is 22.7 Å². The van der Waals surface area contributed by atoms with E-state index in [0.29, 0.717) is 5.70 Å². The molecule has 23 heavy (non-hydrogen) atoms. The molecule has 1 aromatic rings. The van der Waals surface area contributed by atoms with Crippen molar-refractivity contribution in [1.82, 2.24) is 5.32 Å². The number of hydrogen-bond acceptors (Lipinski definition) is 4. The highest BCUT2D eigenvalue weighted by Gasteiger charge is 2.36. The molecule has 0 aromatic heterocycles. The number of allylic oxidation sites excluding steroid dienone is 3. The van der Waals surface area contributed by atoms with Gasteiger partial charge in [0.2, 0.25) is 0 Å². The third kappa shape index (κ3) is 5.30. The summed E-state index contributed by atoms with van der Waals surface area (Å²) in [5, 5.41) is 12.7. The first-order valence-corrected chi connectivity index (χ1v) is 8.59. The van der Waals surface area contributed by atoms with Gasteiger partial charge in [-0.1, -0.05) is 12.2 Å². The highest BCUT2D eigenvalue weighted by Crippen LogP contribution is 2.18. The van der Waals surface area contributed by atoms with Gasteiger partial charge < -0.3 is 10.4 Å². The van der Waals surface area contributed by atoms with Crippen LogP contribution in [0.1, 0.15) is 20.8 Å². The molecule has 0 bridgehead atoms. The molecule has 2 N–H and O–H groups in total. The van der Waals surface area contributed by atoms with Crippen molar-refractivity contribution in [3.05, 3.63) is 54.0 Å². The van der Waals surface area contributed by atoms with Gasteiger partial charge in [-0.2, -0.15) is 0 Å². The van der Waals surface area contributed by atoms with Crippen LogP contribution >= 0.6 is 0 Å². The number of benzene rings is 1. The molecule has 0 saturated carbocycles. The zero-order valence-electron chi connectivity index (χ0n) is 13.2. The third-order valence-electron chi connectivity index (χ3n) is 3.05. The van der Waals surface area contributed by atoms with Crippen LogP contribution in [0, 0.1) is 5.82 Å². The van der Waals surface area contributed by atoms with E-state index in [1.54, 1.807) is 32.1 Å². The number of aliphatic hydroxyl groups is 1. The SMILES string of the molecule is CC=CC(=CC)NC(=O)C(C)(O)CS(=O)(=O)c1ccc(F)cc1. The minimum absolute atomic E-state index is 0.160. The zero-order valence-corrected chi connectivity index (χ0v) is 14.0. The first kappa shape index (κ1) is 19.1. The Hall–Kier alpha value is -1.99. The van der Waals surface area contributed by atoms with Gasteiger partial charge in [-0.05, 0) is 51.1 Å². The Morgan fingerprint density at radius 2 is 1.87 bits per heavy atom. The Kier molecular flexibility index (Phi) is 6.23. The lowest BCUT2D eigenvalue weighted by Crippen LogP contribution is -2.48. The molecule has 1 aromatic carbocycles. The van der Waals surface area contributed by atoms with Crippen LogP contribution in [0.25, 0.3) is 0 Å². The number of rotatable bonds is 6. The Labute approximate surface area is 135 Å². The summed E-state index contributed by atoms with van der Waals surface area (Å²) in [4.78, 5) is 12.0. The molecule has 0 saturated heterocycles. The van der Waals surface area contributed by atoms with Crippen molar-refractivity contribution < 1.29 is 22.7 Å². The van der Waals surface area contributed by atoms with Gasteiger partial charge in [0, 0.05) is 5.70 Å². The van der Waals surface area contributed by atoms with Gasteiger partial charge in [0.25, 0.3) is 5.91 Å². The van der Waals surface area contributed by atoms with E-state index in [4.69, 9.17) is 0 Å². The Balaban J connectivity index is 2.96. The van der Waals surface area contributed by atoms with Crippen molar-refractivity contribution in [3.63, 3.8) is 0 Å². The summed E-state index contributed by atoms with van der Waals surface area (Å²) in [6, 6.07) is 4.20. The minimum Gasteiger partial charge on any atom is -0.379 e. The number of sulfone groups is 1. The highest BCUT2D eigenvalue weighted by atomic mass is 32.2. The van der Waals surface area contributed by atoms with Crippen molar-refractivity contribution >= 4 is 15.7 Å². The average molecular weight is 341 g/mol. The molecule has 0 spiro atoms. The molecule has 1 atom stereocenters. The number of halogens is 1. The maximum absolute atomic E-state index is 12.9. The van der Waals surface area contributed by atoms with Gasteiger partial charge in [0.05, 0.1) is 10.6 Å².